The van der Waals surface area contributed by atoms with Gasteiger partial charge in [0.1, 0.15) is 28.9 Å². The molecule has 4 heterocycles. The summed E-state index contributed by atoms with van der Waals surface area (Å²) in [5.41, 5.74) is 10.00. The summed E-state index contributed by atoms with van der Waals surface area (Å²) in [6.07, 6.45) is 2.74. The van der Waals surface area contributed by atoms with Crippen LogP contribution in [-0.2, 0) is 18.8 Å². The Morgan fingerprint density at radius 3 is 1.68 bits per heavy atom. The molecule has 0 aliphatic rings. The molecule has 0 saturated heterocycles. The lowest BCUT2D eigenvalue weighted by molar-refractivity contribution is 0.0505. The average Bonchev–Trinajstić information content (AvgIpc) is 3.54. The maximum absolute atomic E-state index is 14.6. The topological polar surface area (TPSA) is 126 Å². The largest absolute Gasteiger partial charge is 0.444 e. The van der Waals surface area contributed by atoms with E-state index in [0.29, 0.717) is 39.4 Å². The lowest BCUT2D eigenvalue weighted by Gasteiger charge is -2.21. The van der Waals surface area contributed by atoms with Crippen molar-refractivity contribution < 1.29 is 18.3 Å². The fourth-order valence-corrected chi connectivity index (χ4v) is 5.45. The number of nitrogens with one attached hydrogen (secondary N) is 1. The molecule has 0 spiro atoms. The number of nitrogens with zero attached hydrogens (tertiary/aromatic N) is 6. The van der Waals surface area contributed by atoms with Crippen molar-refractivity contribution in [2.45, 2.75) is 52.3 Å². The number of aromatic nitrogens is 6. The van der Waals surface area contributed by atoms with E-state index in [2.05, 4.69) is 25.3 Å². The fraction of sp³-hybridized carbons (Fsp3) is 0.286. The molecule has 10 nitrogen and oxygen atoms in total. The summed E-state index contributed by atoms with van der Waals surface area (Å²) in [7, 11) is 3.64. The number of hydrogen-bond donors (Lipinski definition) is 2. The number of carbonyl (C=O) groups is 1. The highest BCUT2D eigenvalue weighted by Gasteiger charge is 2.24. The van der Waals surface area contributed by atoms with E-state index in [0.717, 1.165) is 16.9 Å². The number of hydrogen-bond acceptors (Lipinski definition) is 7. The summed E-state index contributed by atoms with van der Waals surface area (Å²) >= 11 is 0. The van der Waals surface area contributed by atoms with Gasteiger partial charge in [-0.25, -0.2) is 23.5 Å². The predicted molar refractivity (Wildman–Crippen MR) is 178 cm³/mol. The second-order valence-electron chi connectivity index (χ2n) is 12.2. The van der Waals surface area contributed by atoms with Crippen molar-refractivity contribution in [1.82, 2.24) is 34.4 Å². The molecule has 0 saturated carbocycles. The molecule has 0 aliphatic carbocycles. The number of benzene rings is 2. The third-order valence-electron chi connectivity index (χ3n) is 7.41. The lowest BCUT2D eigenvalue weighted by Crippen LogP contribution is -2.34. The van der Waals surface area contributed by atoms with E-state index in [1.165, 1.54) is 12.1 Å². The van der Waals surface area contributed by atoms with Gasteiger partial charge in [0.05, 0.1) is 56.7 Å². The number of ether oxygens (including phenoxy) is 1. The van der Waals surface area contributed by atoms with Gasteiger partial charge in [0, 0.05) is 26.5 Å². The second-order valence-corrected chi connectivity index (χ2v) is 12.2. The number of rotatable bonds is 5. The van der Waals surface area contributed by atoms with Crippen LogP contribution in [0.5, 0.6) is 0 Å². The lowest BCUT2D eigenvalue weighted by atomic mass is 10.1. The van der Waals surface area contributed by atoms with Crippen LogP contribution in [0.15, 0.2) is 73.1 Å². The molecule has 6 aromatic rings. The molecule has 6 rings (SSSR count). The normalized spacial score (nSPS) is 12.8. The third-order valence-corrected chi connectivity index (χ3v) is 7.41. The molecule has 0 unspecified atom stereocenters. The van der Waals surface area contributed by atoms with Gasteiger partial charge < -0.3 is 24.9 Å². The summed E-state index contributed by atoms with van der Waals surface area (Å²) in [5, 5.41) is 2.77. The Balaban J connectivity index is 0.000000193. The van der Waals surface area contributed by atoms with Gasteiger partial charge in [-0.05, 0) is 83.1 Å². The van der Waals surface area contributed by atoms with Crippen molar-refractivity contribution in [1.29, 1.82) is 0 Å². The van der Waals surface area contributed by atoms with E-state index >= 15 is 0 Å². The van der Waals surface area contributed by atoms with E-state index in [9.17, 15) is 13.6 Å². The SMILES string of the molecule is C[C@H](N)c1nc2ccc(F)c(-c3ccccn3)c2n1C.C[C@H](NC(=O)OC(C)(C)C)c1nc2ccc(F)c(-c3ccccn3)c2n1C. The van der Waals surface area contributed by atoms with Gasteiger partial charge in [0.25, 0.3) is 0 Å². The first kappa shape index (κ1) is 33.1. The van der Waals surface area contributed by atoms with E-state index in [1.54, 1.807) is 81.2 Å². The van der Waals surface area contributed by atoms with Gasteiger partial charge in [-0.2, -0.15) is 0 Å². The zero-order chi connectivity index (χ0) is 34.0. The predicted octanol–water partition coefficient (Wildman–Crippen LogP) is 7.15. The maximum Gasteiger partial charge on any atom is 0.408 e. The maximum atomic E-state index is 14.6. The minimum atomic E-state index is -0.592. The van der Waals surface area contributed by atoms with Gasteiger partial charge in [-0.3, -0.25) is 9.97 Å². The molecule has 1 amide bonds. The molecule has 2 atom stereocenters. The smallest absolute Gasteiger partial charge is 0.408 e. The fourth-order valence-electron chi connectivity index (χ4n) is 5.45. The Bertz CT molecular complexity index is 2030. The molecule has 0 bridgehead atoms. The second kappa shape index (κ2) is 13.2. The van der Waals surface area contributed by atoms with E-state index in [4.69, 9.17) is 10.5 Å². The zero-order valence-corrected chi connectivity index (χ0v) is 27.4. The quantitative estimate of drug-likeness (QED) is 0.205. The van der Waals surface area contributed by atoms with Crippen LogP contribution in [0.25, 0.3) is 44.6 Å². The summed E-state index contributed by atoms with van der Waals surface area (Å²) in [6, 6.07) is 16.2. The van der Waals surface area contributed by atoms with Crippen LogP contribution in [0.3, 0.4) is 0 Å². The molecular weight excluding hydrogens is 602 g/mol. The van der Waals surface area contributed by atoms with Crippen molar-refractivity contribution in [2.75, 3.05) is 0 Å². The average molecular weight is 641 g/mol. The highest BCUT2D eigenvalue weighted by Crippen LogP contribution is 2.33. The number of nitrogens with two attached hydrogens (primary N) is 1. The first-order chi connectivity index (χ1) is 22.3. The number of amides is 1. The summed E-state index contributed by atoms with van der Waals surface area (Å²) < 4.78 is 37.8. The minimum absolute atomic E-state index is 0.216. The number of pyridine rings is 2. The van der Waals surface area contributed by atoms with Crippen LogP contribution in [0, 0.1) is 11.6 Å². The molecule has 3 N–H and O–H groups in total. The van der Waals surface area contributed by atoms with Crippen molar-refractivity contribution in [3.05, 3.63) is 96.3 Å². The summed E-state index contributed by atoms with van der Waals surface area (Å²) in [6.45, 7) is 9.07. The number of carbonyl (C=O) groups excluding carboxylic acids is 1. The van der Waals surface area contributed by atoms with Crippen LogP contribution in [0.1, 0.15) is 58.4 Å². The molecule has 0 fully saturated rings. The highest BCUT2D eigenvalue weighted by molar-refractivity contribution is 5.93. The Morgan fingerprint density at radius 1 is 0.787 bits per heavy atom. The first-order valence-electron chi connectivity index (χ1n) is 15.1. The highest BCUT2D eigenvalue weighted by atomic mass is 19.1. The van der Waals surface area contributed by atoms with Crippen molar-refractivity contribution in [3.63, 3.8) is 0 Å². The van der Waals surface area contributed by atoms with Gasteiger partial charge in [0.2, 0.25) is 0 Å². The molecule has 0 radical (unpaired) electrons. The first-order valence-corrected chi connectivity index (χ1v) is 15.1. The molecule has 47 heavy (non-hydrogen) atoms. The van der Waals surface area contributed by atoms with Gasteiger partial charge >= 0.3 is 6.09 Å². The zero-order valence-electron chi connectivity index (χ0n) is 27.4. The standard InChI is InChI=1S/C20H23FN4O2.C15H15FN4/c1-12(23-19(26)27-20(2,3)4)18-24-15-10-9-13(21)16(17(15)25(18)5)14-8-6-7-11-22-14;1-9(17)15-19-12-7-6-10(16)13(14(12)20(15)2)11-5-3-4-8-18-11/h6-12H,1-5H3,(H,23,26);3-9H,17H2,1-2H3/t12-;9-/m00/s1. The third kappa shape index (κ3) is 6.97. The van der Waals surface area contributed by atoms with Crippen molar-refractivity contribution in [3.8, 4) is 22.5 Å². The van der Waals surface area contributed by atoms with Crippen LogP contribution in [0.2, 0.25) is 0 Å². The van der Waals surface area contributed by atoms with Crippen molar-refractivity contribution in [2.24, 2.45) is 19.8 Å². The molecular formula is C35H38F2N8O2. The number of halogens is 2. The molecule has 4 aromatic heterocycles. The Morgan fingerprint density at radius 2 is 1.26 bits per heavy atom. The summed E-state index contributed by atoms with van der Waals surface area (Å²) in [5.74, 6) is 0.639. The Kier molecular flexibility index (Phi) is 9.34. The van der Waals surface area contributed by atoms with Crippen LogP contribution in [0.4, 0.5) is 13.6 Å². The Hall–Kier alpha value is -5.23. The number of imidazole rings is 2. The van der Waals surface area contributed by atoms with Crippen LogP contribution in [-0.4, -0.2) is 40.8 Å². The monoisotopic (exact) mass is 640 g/mol. The molecule has 0 aliphatic heterocycles. The van der Waals surface area contributed by atoms with E-state index in [-0.39, 0.29) is 17.7 Å². The van der Waals surface area contributed by atoms with Crippen LogP contribution >= 0.6 is 0 Å². The number of aryl methyl sites for hydroxylation is 2. The van der Waals surface area contributed by atoms with E-state index in [1.807, 2.05) is 37.6 Å². The molecule has 2 aromatic carbocycles. The minimum Gasteiger partial charge on any atom is -0.444 e. The number of alkyl carbamates (subject to hydrolysis) is 1. The van der Waals surface area contributed by atoms with Gasteiger partial charge in [-0.1, -0.05) is 12.1 Å². The van der Waals surface area contributed by atoms with Crippen LogP contribution < -0.4 is 11.1 Å². The molecule has 244 valence electrons. The van der Waals surface area contributed by atoms with Gasteiger partial charge in [-0.15, -0.1) is 0 Å². The van der Waals surface area contributed by atoms with Gasteiger partial charge in [0.15, 0.2) is 0 Å². The Labute approximate surface area is 271 Å². The van der Waals surface area contributed by atoms with Crippen molar-refractivity contribution >= 4 is 28.2 Å². The van der Waals surface area contributed by atoms with E-state index < -0.39 is 17.7 Å². The number of fused-ring (bicyclic) bond motifs is 2. The molecule has 12 heteroatoms. The summed E-state index contributed by atoms with van der Waals surface area (Å²) in [4.78, 5) is 29.7.